The van der Waals surface area contributed by atoms with E-state index < -0.39 is 0 Å². The highest BCUT2D eigenvalue weighted by molar-refractivity contribution is 4.64. The van der Waals surface area contributed by atoms with Gasteiger partial charge in [-0.1, -0.05) is 6.92 Å². The van der Waals surface area contributed by atoms with Crippen LogP contribution < -0.4 is 5.32 Å². The summed E-state index contributed by atoms with van der Waals surface area (Å²) < 4.78 is 5.48. The van der Waals surface area contributed by atoms with E-state index in [1.807, 2.05) is 7.05 Å². The Bertz CT molecular complexity index is 75.7. The second-order valence-corrected chi connectivity index (χ2v) is 2.65. The van der Waals surface area contributed by atoms with Crippen molar-refractivity contribution in [3.8, 4) is 0 Å². The molecule has 0 aromatic carbocycles. The molecule has 0 rings (SSSR count). The summed E-state index contributed by atoms with van der Waals surface area (Å²) in [5, 5.41) is 3.15. The SMILES string of the molecule is CCCOC(C)C(C)NC. The number of hydrogen-bond acceptors (Lipinski definition) is 2. The number of nitrogens with one attached hydrogen (secondary N) is 1. The highest BCUT2D eigenvalue weighted by Gasteiger charge is 2.08. The molecular formula is C8H19NO. The van der Waals surface area contributed by atoms with E-state index in [1.54, 1.807) is 0 Å². The van der Waals surface area contributed by atoms with E-state index in [2.05, 4.69) is 26.1 Å². The zero-order chi connectivity index (χ0) is 7.98. The predicted octanol–water partition coefficient (Wildman–Crippen LogP) is 1.41. The molecule has 0 amide bonds. The van der Waals surface area contributed by atoms with Gasteiger partial charge in [0, 0.05) is 12.6 Å². The molecule has 0 spiro atoms. The molecule has 0 aliphatic heterocycles. The van der Waals surface area contributed by atoms with Gasteiger partial charge in [0.1, 0.15) is 0 Å². The maximum Gasteiger partial charge on any atom is 0.0697 e. The highest BCUT2D eigenvalue weighted by Crippen LogP contribution is 1.97. The second kappa shape index (κ2) is 5.69. The first-order valence-corrected chi connectivity index (χ1v) is 4.01. The molecule has 0 saturated heterocycles. The van der Waals surface area contributed by atoms with Crippen LogP contribution in [0.15, 0.2) is 0 Å². The summed E-state index contributed by atoms with van der Waals surface area (Å²) in [6, 6.07) is 0.451. The van der Waals surface area contributed by atoms with Crippen molar-refractivity contribution < 1.29 is 4.74 Å². The van der Waals surface area contributed by atoms with Crippen molar-refractivity contribution in [2.75, 3.05) is 13.7 Å². The van der Waals surface area contributed by atoms with Crippen LogP contribution in [-0.2, 0) is 4.74 Å². The Morgan fingerprint density at radius 1 is 1.40 bits per heavy atom. The fourth-order valence-corrected chi connectivity index (χ4v) is 0.683. The number of hydrogen-bond donors (Lipinski definition) is 1. The zero-order valence-corrected chi connectivity index (χ0v) is 7.48. The van der Waals surface area contributed by atoms with Crippen LogP contribution in [0.4, 0.5) is 0 Å². The molecular weight excluding hydrogens is 126 g/mol. The van der Waals surface area contributed by atoms with E-state index in [0.29, 0.717) is 12.1 Å². The topological polar surface area (TPSA) is 21.3 Å². The summed E-state index contributed by atoms with van der Waals surface area (Å²) >= 11 is 0. The van der Waals surface area contributed by atoms with Gasteiger partial charge in [0.15, 0.2) is 0 Å². The van der Waals surface area contributed by atoms with Gasteiger partial charge in [-0.05, 0) is 27.3 Å². The molecule has 0 saturated carbocycles. The van der Waals surface area contributed by atoms with Crippen LogP contribution in [0.25, 0.3) is 0 Å². The maximum atomic E-state index is 5.48. The van der Waals surface area contributed by atoms with Crippen LogP contribution in [-0.4, -0.2) is 25.8 Å². The molecule has 0 aromatic rings. The van der Waals surface area contributed by atoms with Crippen LogP contribution in [0.5, 0.6) is 0 Å². The van der Waals surface area contributed by atoms with Crippen molar-refractivity contribution >= 4 is 0 Å². The molecule has 62 valence electrons. The average molecular weight is 145 g/mol. The number of rotatable bonds is 5. The summed E-state index contributed by atoms with van der Waals surface area (Å²) in [6.07, 6.45) is 1.42. The molecule has 1 N–H and O–H groups in total. The first-order chi connectivity index (χ1) is 4.72. The first-order valence-electron chi connectivity index (χ1n) is 4.01. The first kappa shape index (κ1) is 9.92. The Morgan fingerprint density at radius 3 is 2.40 bits per heavy atom. The molecule has 0 aliphatic rings. The van der Waals surface area contributed by atoms with Gasteiger partial charge in [-0.2, -0.15) is 0 Å². The van der Waals surface area contributed by atoms with Crippen LogP contribution in [0.2, 0.25) is 0 Å². The lowest BCUT2D eigenvalue weighted by molar-refractivity contribution is 0.0456. The van der Waals surface area contributed by atoms with Gasteiger partial charge >= 0.3 is 0 Å². The summed E-state index contributed by atoms with van der Waals surface area (Å²) in [4.78, 5) is 0. The number of ether oxygens (including phenoxy) is 1. The van der Waals surface area contributed by atoms with Crippen molar-refractivity contribution in [1.29, 1.82) is 0 Å². The fraction of sp³-hybridized carbons (Fsp3) is 1.00. The van der Waals surface area contributed by atoms with Gasteiger partial charge in [-0.25, -0.2) is 0 Å². The van der Waals surface area contributed by atoms with Gasteiger partial charge in [-0.15, -0.1) is 0 Å². The normalized spacial score (nSPS) is 16.8. The Hall–Kier alpha value is -0.0800. The maximum absolute atomic E-state index is 5.48. The number of likely N-dealkylation sites (N-methyl/N-ethyl adjacent to an activating group) is 1. The van der Waals surface area contributed by atoms with E-state index >= 15 is 0 Å². The lowest BCUT2D eigenvalue weighted by Crippen LogP contribution is -2.34. The third kappa shape index (κ3) is 3.85. The third-order valence-electron chi connectivity index (χ3n) is 1.74. The molecule has 2 atom stereocenters. The Labute approximate surface area is 64.0 Å². The van der Waals surface area contributed by atoms with Crippen molar-refractivity contribution in [3.63, 3.8) is 0 Å². The molecule has 0 radical (unpaired) electrons. The van der Waals surface area contributed by atoms with E-state index in [0.717, 1.165) is 13.0 Å². The van der Waals surface area contributed by atoms with E-state index in [9.17, 15) is 0 Å². The second-order valence-electron chi connectivity index (χ2n) is 2.65. The lowest BCUT2D eigenvalue weighted by atomic mass is 10.2. The van der Waals surface area contributed by atoms with E-state index in [1.165, 1.54) is 0 Å². The van der Waals surface area contributed by atoms with E-state index in [4.69, 9.17) is 4.74 Å². The smallest absolute Gasteiger partial charge is 0.0697 e. The zero-order valence-electron chi connectivity index (χ0n) is 7.48. The Morgan fingerprint density at radius 2 is 2.00 bits per heavy atom. The van der Waals surface area contributed by atoms with Crippen LogP contribution in [0, 0.1) is 0 Å². The summed E-state index contributed by atoms with van der Waals surface area (Å²) in [5.74, 6) is 0. The molecule has 0 bridgehead atoms. The van der Waals surface area contributed by atoms with Crippen molar-refractivity contribution in [3.05, 3.63) is 0 Å². The van der Waals surface area contributed by atoms with Gasteiger partial charge in [0.2, 0.25) is 0 Å². The van der Waals surface area contributed by atoms with Crippen LogP contribution in [0.3, 0.4) is 0 Å². The predicted molar refractivity (Wildman–Crippen MR) is 44.2 cm³/mol. The van der Waals surface area contributed by atoms with Crippen LogP contribution >= 0.6 is 0 Å². The lowest BCUT2D eigenvalue weighted by Gasteiger charge is -2.19. The molecule has 10 heavy (non-hydrogen) atoms. The molecule has 2 unspecified atom stereocenters. The quantitative estimate of drug-likeness (QED) is 0.631. The molecule has 2 nitrogen and oxygen atoms in total. The molecule has 2 heteroatoms. The average Bonchev–Trinajstić information content (AvgIpc) is 1.98. The van der Waals surface area contributed by atoms with Gasteiger partial charge in [0.25, 0.3) is 0 Å². The van der Waals surface area contributed by atoms with Gasteiger partial charge < -0.3 is 10.1 Å². The minimum atomic E-state index is 0.324. The molecule has 0 aromatic heterocycles. The van der Waals surface area contributed by atoms with Gasteiger partial charge in [-0.3, -0.25) is 0 Å². The molecule has 0 aliphatic carbocycles. The summed E-state index contributed by atoms with van der Waals surface area (Å²) in [6.45, 7) is 7.21. The molecule has 0 heterocycles. The fourth-order valence-electron chi connectivity index (χ4n) is 0.683. The Kier molecular flexibility index (Phi) is 5.64. The minimum absolute atomic E-state index is 0.324. The van der Waals surface area contributed by atoms with Crippen LogP contribution in [0.1, 0.15) is 27.2 Å². The van der Waals surface area contributed by atoms with E-state index in [-0.39, 0.29) is 0 Å². The minimum Gasteiger partial charge on any atom is -0.377 e. The Balaban J connectivity index is 3.31. The highest BCUT2D eigenvalue weighted by atomic mass is 16.5. The monoisotopic (exact) mass is 145 g/mol. The molecule has 0 fully saturated rings. The van der Waals surface area contributed by atoms with Crippen molar-refractivity contribution in [2.45, 2.75) is 39.3 Å². The van der Waals surface area contributed by atoms with Crippen molar-refractivity contribution in [1.82, 2.24) is 5.32 Å². The van der Waals surface area contributed by atoms with Crippen molar-refractivity contribution in [2.24, 2.45) is 0 Å². The summed E-state index contributed by atoms with van der Waals surface area (Å²) in [5.41, 5.74) is 0. The third-order valence-corrected chi connectivity index (χ3v) is 1.74. The summed E-state index contributed by atoms with van der Waals surface area (Å²) in [7, 11) is 1.95. The largest absolute Gasteiger partial charge is 0.377 e. The van der Waals surface area contributed by atoms with Gasteiger partial charge in [0.05, 0.1) is 6.10 Å². The standard InChI is InChI=1S/C8H19NO/c1-5-6-10-8(3)7(2)9-4/h7-9H,5-6H2,1-4H3.